The zero-order chi connectivity index (χ0) is 14.5. The monoisotopic (exact) mass is 272 g/mol. The molecule has 3 nitrogen and oxygen atoms in total. The molecule has 0 aliphatic heterocycles. The Morgan fingerprint density at radius 2 is 1.65 bits per heavy atom. The third-order valence-corrected chi connectivity index (χ3v) is 2.86. The molecule has 0 saturated carbocycles. The first-order valence-corrected chi connectivity index (χ1v) is 6.02. The molecule has 2 aromatic carbocycles. The second-order valence-electron chi connectivity index (χ2n) is 4.21. The van der Waals surface area contributed by atoms with E-state index in [1.165, 1.54) is 6.07 Å². The van der Waals surface area contributed by atoms with Gasteiger partial charge in [-0.15, -0.1) is 0 Å². The molecule has 2 rings (SSSR count). The van der Waals surface area contributed by atoms with Crippen LogP contribution < -0.4 is 0 Å². The number of rotatable bonds is 4. The van der Waals surface area contributed by atoms with Crippen LogP contribution in [0.15, 0.2) is 60.7 Å². The Balaban J connectivity index is 2.46. The fourth-order valence-electron chi connectivity index (χ4n) is 1.96. The minimum absolute atomic E-state index is 0.367. The van der Waals surface area contributed by atoms with Gasteiger partial charge in [-0.1, -0.05) is 42.5 Å². The zero-order valence-corrected chi connectivity index (χ0v) is 10.5. The van der Waals surface area contributed by atoms with E-state index in [9.17, 15) is 14.3 Å². The van der Waals surface area contributed by atoms with Crippen LogP contribution in [0.1, 0.15) is 11.7 Å². The number of carbonyl (C=O) groups is 1. The maximum atomic E-state index is 13.8. The van der Waals surface area contributed by atoms with E-state index in [1.54, 1.807) is 42.5 Å². The minimum atomic E-state index is -1.15. The number of carboxylic acid groups (broad SMARTS) is 1. The third kappa shape index (κ3) is 3.10. The predicted octanol–water partition coefficient (Wildman–Crippen LogP) is 3.17. The van der Waals surface area contributed by atoms with Gasteiger partial charge in [0.1, 0.15) is 5.82 Å². The molecule has 0 aliphatic rings. The van der Waals surface area contributed by atoms with E-state index in [0.29, 0.717) is 16.7 Å². The number of hydrogen-bond acceptors (Lipinski definition) is 2. The lowest BCUT2D eigenvalue weighted by atomic mass is 9.95. The quantitative estimate of drug-likeness (QED) is 0.840. The summed E-state index contributed by atoms with van der Waals surface area (Å²) in [6.45, 7) is 0. The Hall–Kier alpha value is -2.46. The van der Waals surface area contributed by atoms with Gasteiger partial charge >= 0.3 is 5.97 Å². The first-order valence-electron chi connectivity index (χ1n) is 6.02. The number of benzene rings is 2. The molecule has 0 spiro atoms. The molecule has 0 bridgehead atoms. The Bertz CT molecular complexity index is 650. The highest BCUT2D eigenvalue weighted by atomic mass is 19.1. The molecule has 1 atom stereocenters. The van der Waals surface area contributed by atoms with Crippen molar-refractivity contribution in [3.63, 3.8) is 0 Å². The van der Waals surface area contributed by atoms with Crippen LogP contribution >= 0.6 is 0 Å². The largest absolute Gasteiger partial charge is 0.478 e. The molecule has 102 valence electrons. The van der Waals surface area contributed by atoms with Gasteiger partial charge in [0.2, 0.25) is 0 Å². The maximum absolute atomic E-state index is 13.8. The van der Waals surface area contributed by atoms with E-state index in [0.717, 1.165) is 12.2 Å². The lowest BCUT2D eigenvalue weighted by Crippen LogP contribution is -1.99. The van der Waals surface area contributed by atoms with Crippen LogP contribution in [-0.4, -0.2) is 16.2 Å². The van der Waals surface area contributed by atoms with E-state index in [-0.39, 0.29) is 0 Å². The second-order valence-corrected chi connectivity index (χ2v) is 4.21. The minimum Gasteiger partial charge on any atom is -0.478 e. The van der Waals surface area contributed by atoms with Crippen LogP contribution in [0, 0.1) is 5.82 Å². The normalized spacial score (nSPS) is 12.5. The molecule has 2 N–H and O–H groups in total. The van der Waals surface area contributed by atoms with Crippen LogP contribution in [-0.2, 0) is 4.79 Å². The molecule has 20 heavy (non-hydrogen) atoms. The molecule has 0 aliphatic carbocycles. The van der Waals surface area contributed by atoms with Crippen molar-refractivity contribution in [2.45, 2.75) is 6.10 Å². The summed E-state index contributed by atoms with van der Waals surface area (Å²) < 4.78 is 13.8. The van der Waals surface area contributed by atoms with E-state index < -0.39 is 17.9 Å². The van der Waals surface area contributed by atoms with Gasteiger partial charge in [0, 0.05) is 11.6 Å². The van der Waals surface area contributed by atoms with Gasteiger partial charge in [-0.25, -0.2) is 9.18 Å². The zero-order valence-electron chi connectivity index (χ0n) is 10.5. The van der Waals surface area contributed by atoms with Crippen molar-refractivity contribution in [2.75, 3.05) is 0 Å². The van der Waals surface area contributed by atoms with Gasteiger partial charge in [0.05, 0.1) is 6.10 Å². The van der Waals surface area contributed by atoms with E-state index in [2.05, 4.69) is 0 Å². The molecule has 0 aromatic heterocycles. The highest BCUT2D eigenvalue weighted by Crippen LogP contribution is 2.30. The number of aliphatic hydroxyl groups excluding tert-OH is 1. The summed E-state index contributed by atoms with van der Waals surface area (Å²) in [5.74, 6) is -1.54. The molecule has 0 saturated heterocycles. The summed E-state index contributed by atoms with van der Waals surface area (Å²) in [5.41, 5.74) is 1.36. The maximum Gasteiger partial charge on any atom is 0.328 e. The molecule has 0 heterocycles. The molecule has 1 unspecified atom stereocenters. The summed E-state index contributed by atoms with van der Waals surface area (Å²) in [7, 11) is 0. The van der Waals surface area contributed by atoms with E-state index >= 15 is 0 Å². The van der Waals surface area contributed by atoms with Crippen LogP contribution in [0.25, 0.3) is 11.1 Å². The first kappa shape index (κ1) is 14.0. The number of hydrogen-bond donors (Lipinski definition) is 2. The number of halogens is 1. The summed E-state index contributed by atoms with van der Waals surface area (Å²) in [6, 6.07) is 13.0. The lowest BCUT2D eigenvalue weighted by molar-refractivity contribution is -0.131. The van der Waals surface area contributed by atoms with E-state index in [4.69, 9.17) is 5.11 Å². The van der Waals surface area contributed by atoms with Crippen LogP contribution in [0.5, 0.6) is 0 Å². The van der Waals surface area contributed by atoms with Crippen LogP contribution in [0.3, 0.4) is 0 Å². The fourth-order valence-corrected chi connectivity index (χ4v) is 1.96. The van der Waals surface area contributed by atoms with Crippen molar-refractivity contribution in [2.24, 2.45) is 0 Å². The van der Waals surface area contributed by atoms with Crippen molar-refractivity contribution in [3.05, 3.63) is 72.1 Å². The van der Waals surface area contributed by atoms with Crippen molar-refractivity contribution in [3.8, 4) is 11.1 Å². The Kier molecular flexibility index (Phi) is 4.27. The number of aliphatic carboxylic acids is 1. The molecule has 0 fully saturated rings. The van der Waals surface area contributed by atoms with Gasteiger partial charge in [0.25, 0.3) is 0 Å². The summed E-state index contributed by atoms with van der Waals surface area (Å²) in [5, 5.41) is 18.6. The average molecular weight is 272 g/mol. The molecule has 4 heteroatoms. The summed E-state index contributed by atoms with van der Waals surface area (Å²) in [4.78, 5) is 10.5. The Morgan fingerprint density at radius 1 is 1.05 bits per heavy atom. The van der Waals surface area contributed by atoms with Gasteiger partial charge in [0.15, 0.2) is 0 Å². The van der Waals surface area contributed by atoms with Crippen molar-refractivity contribution in [1.29, 1.82) is 0 Å². The van der Waals surface area contributed by atoms with Crippen molar-refractivity contribution < 1.29 is 19.4 Å². The second kappa shape index (κ2) is 6.12. The molecular weight excluding hydrogens is 259 g/mol. The smallest absolute Gasteiger partial charge is 0.328 e. The highest BCUT2D eigenvalue weighted by molar-refractivity contribution is 5.80. The Labute approximate surface area is 115 Å². The van der Waals surface area contributed by atoms with Crippen LogP contribution in [0.2, 0.25) is 0 Å². The van der Waals surface area contributed by atoms with Gasteiger partial charge < -0.3 is 10.2 Å². The SMILES string of the molecule is O=C(O)C=CC(O)c1ccccc1-c1ccccc1F. The van der Waals surface area contributed by atoms with E-state index in [1.807, 2.05) is 0 Å². The van der Waals surface area contributed by atoms with Gasteiger partial charge in [-0.2, -0.15) is 0 Å². The molecule has 2 aromatic rings. The molecule has 0 amide bonds. The first-order chi connectivity index (χ1) is 9.59. The average Bonchev–Trinajstić information content (AvgIpc) is 2.45. The van der Waals surface area contributed by atoms with Crippen molar-refractivity contribution >= 4 is 5.97 Å². The van der Waals surface area contributed by atoms with Crippen molar-refractivity contribution in [1.82, 2.24) is 0 Å². The summed E-state index contributed by atoms with van der Waals surface area (Å²) in [6.07, 6.45) is 0.909. The predicted molar refractivity (Wildman–Crippen MR) is 73.6 cm³/mol. The standard InChI is InChI=1S/C16H13FO3/c17-14-8-4-3-6-12(14)11-5-1-2-7-13(11)15(18)9-10-16(19)20/h1-10,15,18H,(H,19,20). The fraction of sp³-hybridized carbons (Fsp3) is 0.0625. The topological polar surface area (TPSA) is 57.5 Å². The third-order valence-electron chi connectivity index (χ3n) is 2.86. The van der Waals surface area contributed by atoms with Gasteiger partial charge in [-0.05, 0) is 23.3 Å². The highest BCUT2D eigenvalue weighted by Gasteiger charge is 2.13. The number of aliphatic hydroxyl groups is 1. The van der Waals surface area contributed by atoms with Crippen LogP contribution in [0.4, 0.5) is 4.39 Å². The molecule has 0 radical (unpaired) electrons. The van der Waals surface area contributed by atoms with Gasteiger partial charge in [-0.3, -0.25) is 0 Å². The Morgan fingerprint density at radius 3 is 2.30 bits per heavy atom. The number of carboxylic acids is 1. The summed E-state index contributed by atoms with van der Waals surface area (Å²) >= 11 is 0. The lowest BCUT2D eigenvalue weighted by Gasteiger charge is -2.13. The molecular formula is C16H13FO3.